The van der Waals surface area contributed by atoms with Crippen LogP contribution in [-0.2, 0) is 7.05 Å². The maximum atomic E-state index is 11.8. The lowest BCUT2D eigenvalue weighted by Gasteiger charge is -2.13. The minimum atomic E-state index is -0.261. The van der Waals surface area contributed by atoms with Crippen molar-refractivity contribution in [2.24, 2.45) is 7.05 Å². The van der Waals surface area contributed by atoms with Gasteiger partial charge in [0, 0.05) is 38.1 Å². The smallest absolute Gasteiger partial charge is 0.269 e. The van der Waals surface area contributed by atoms with Gasteiger partial charge in [-0.05, 0) is 54.3 Å². The predicted octanol–water partition coefficient (Wildman–Crippen LogP) is 5.30. The fourth-order valence-corrected chi connectivity index (χ4v) is 3.69. The second-order valence-corrected chi connectivity index (χ2v) is 8.05. The Kier molecular flexibility index (Phi) is 5.81. The van der Waals surface area contributed by atoms with E-state index in [0.29, 0.717) is 23.1 Å². The van der Waals surface area contributed by atoms with E-state index in [9.17, 15) is 4.79 Å². The number of carbonyl (C=O) groups excluding carboxylic acids is 1. The summed E-state index contributed by atoms with van der Waals surface area (Å²) >= 11 is 0. The second-order valence-electron chi connectivity index (χ2n) is 8.05. The number of imidazole rings is 1. The minimum absolute atomic E-state index is 0.261. The Labute approximate surface area is 187 Å². The molecule has 0 spiro atoms. The second kappa shape index (κ2) is 8.70. The molecule has 0 bridgehead atoms. The van der Waals surface area contributed by atoms with Crippen molar-refractivity contribution >= 4 is 28.6 Å². The number of rotatable bonds is 6. The first-order valence-corrected chi connectivity index (χ1v) is 10.6. The zero-order valence-corrected chi connectivity index (χ0v) is 18.9. The van der Waals surface area contributed by atoms with Crippen LogP contribution in [0.1, 0.15) is 41.4 Å². The number of benzene rings is 2. The van der Waals surface area contributed by atoms with E-state index >= 15 is 0 Å². The molecule has 1 amide bonds. The number of hydrogen-bond acceptors (Lipinski definition) is 5. The van der Waals surface area contributed by atoms with Crippen molar-refractivity contribution < 1.29 is 9.53 Å². The summed E-state index contributed by atoms with van der Waals surface area (Å²) in [6.45, 7) is 6.53. The third kappa shape index (κ3) is 4.27. The van der Waals surface area contributed by atoms with Crippen LogP contribution in [0.15, 0.2) is 54.7 Å². The topological polar surface area (TPSA) is 81.1 Å². The summed E-state index contributed by atoms with van der Waals surface area (Å²) in [7, 11) is 3.55. The number of aromatic nitrogens is 3. The summed E-state index contributed by atoms with van der Waals surface area (Å²) in [6.07, 6.45) is 1.55. The Morgan fingerprint density at radius 2 is 1.84 bits per heavy atom. The van der Waals surface area contributed by atoms with Gasteiger partial charge >= 0.3 is 0 Å². The number of amides is 1. The first-order chi connectivity index (χ1) is 15.4. The average molecular weight is 430 g/mol. The molecule has 164 valence electrons. The number of nitrogens with zero attached hydrogens (tertiary/aromatic N) is 3. The standard InChI is InChI=1S/C25H27N5O2/c1-15(2)20-12-17(7-6-16(20)3)28-25-29-21-13-18(8-9-23(21)30(25)5)32-19-10-11-27-22(14-19)24(31)26-4/h6-15H,1-5H3,(H,26,31)(H,28,29). The van der Waals surface area contributed by atoms with Crippen molar-refractivity contribution in [2.45, 2.75) is 26.7 Å². The molecule has 0 aliphatic rings. The van der Waals surface area contributed by atoms with Crippen LogP contribution in [-0.4, -0.2) is 27.5 Å². The number of fused-ring (bicyclic) bond motifs is 1. The number of carbonyl (C=O) groups is 1. The lowest BCUT2D eigenvalue weighted by Crippen LogP contribution is -2.18. The van der Waals surface area contributed by atoms with Crippen LogP contribution in [0.25, 0.3) is 11.0 Å². The Balaban J connectivity index is 1.60. The van der Waals surface area contributed by atoms with E-state index in [4.69, 9.17) is 9.72 Å². The van der Waals surface area contributed by atoms with E-state index in [1.54, 1.807) is 25.4 Å². The molecule has 32 heavy (non-hydrogen) atoms. The quantitative estimate of drug-likeness (QED) is 0.435. The molecule has 2 aromatic carbocycles. The predicted molar refractivity (Wildman–Crippen MR) is 127 cm³/mol. The van der Waals surface area contributed by atoms with Gasteiger partial charge in [-0.15, -0.1) is 0 Å². The molecule has 0 saturated carbocycles. The van der Waals surface area contributed by atoms with Crippen molar-refractivity contribution in [3.05, 3.63) is 71.5 Å². The maximum absolute atomic E-state index is 11.8. The molecular formula is C25H27N5O2. The van der Waals surface area contributed by atoms with E-state index in [2.05, 4.69) is 54.6 Å². The van der Waals surface area contributed by atoms with Gasteiger partial charge < -0.3 is 19.9 Å². The third-order valence-corrected chi connectivity index (χ3v) is 5.44. The summed E-state index contributed by atoms with van der Waals surface area (Å²) in [5, 5.41) is 6.00. The summed E-state index contributed by atoms with van der Waals surface area (Å²) < 4.78 is 7.97. The Bertz CT molecular complexity index is 1290. The molecule has 7 nitrogen and oxygen atoms in total. The first-order valence-electron chi connectivity index (χ1n) is 10.6. The summed E-state index contributed by atoms with van der Waals surface area (Å²) in [5.41, 5.74) is 5.70. The van der Waals surface area contributed by atoms with E-state index in [-0.39, 0.29) is 5.91 Å². The SMILES string of the molecule is CNC(=O)c1cc(Oc2ccc3c(c2)nc(Nc2ccc(C)c(C(C)C)c2)n3C)ccn1. The van der Waals surface area contributed by atoms with Gasteiger partial charge in [0.15, 0.2) is 0 Å². The molecule has 0 aliphatic carbocycles. The van der Waals surface area contributed by atoms with Crippen molar-refractivity contribution in [3.8, 4) is 11.5 Å². The molecule has 0 radical (unpaired) electrons. The number of hydrogen-bond donors (Lipinski definition) is 2. The highest BCUT2D eigenvalue weighted by Crippen LogP contribution is 2.29. The molecule has 0 unspecified atom stereocenters. The minimum Gasteiger partial charge on any atom is -0.457 e. The molecule has 0 aliphatic heterocycles. The van der Waals surface area contributed by atoms with Gasteiger partial charge in [-0.1, -0.05) is 19.9 Å². The molecule has 0 atom stereocenters. The Morgan fingerprint density at radius 1 is 1.06 bits per heavy atom. The zero-order valence-electron chi connectivity index (χ0n) is 18.9. The third-order valence-electron chi connectivity index (χ3n) is 5.44. The maximum Gasteiger partial charge on any atom is 0.269 e. The van der Waals surface area contributed by atoms with Gasteiger partial charge in [-0.25, -0.2) is 4.98 Å². The fourth-order valence-electron chi connectivity index (χ4n) is 3.69. The van der Waals surface area contributed by atoms with Gasteiger partial charge in [0.2, 0.25) is 5.95 Å². The Morgan fingerprint density at radius 3 is 2.59 bits per heavy atom. The van der Waals surface area contributed by atoms with Gasteiger partial charge in [-0.2, -0.15) is 0 Å². The van der Waals surface area contributed by atoms with E-state index in [0.717, 1.165) is 22.7 Å². The number of anilines is 2. The van der Waals surface area contributed by atoms with Crippen molar-refractivity contribution in [1.29, 1.82) is 0 Å². The molecular weight excluding hydrogens is 402 g/mol. The van der Waals surface area contributed by atoms with Gasteiger partial charge in [0.05, 0.1) is 11.0 Å². The van der Waals surface area contributed by atoms with Gasteiger partial charge in [0.1, 0.15) is 17.2 Å². The number of aryl methyl sites for hydroxylation is 2. The number of nitrogens with one attached hydrogen (secondary N) is 2. The summed E-state index contributed by atoms with van der Waals surface area (Å²) in [5.74, 6) is 2.11. The highest BCUT2D eigenvalue weighted by atomic mass is 16.5. The summed E-state index contributed by atoms with van der Waals surface area (Å²) in [4.78, 5) is 20.6. The molecule has 0 saturated heterocycles. The van der Waals surface area contributed by atoms with Crippen molar-refractivity contribution in [1.82, 2.24) is 19.9 Å². The van der Waals surface area contributed by atoms with Crippen molar-refractivity contribution in [2.75, 3.05) is 12.4 Å². The molecule has 2 heterocycles. The highest BCUT2D eigenvalue weighted by molar-refractivity contribution is 5.92. The largest absolute Gasteiger partial charge is 0.457 e. The van der Waals surface area contributed by atoms with E-state index in [1.807, 2.05) is 29.8 Å². The fraction of sp³-hybridized carbons (Fsp3) is 0.240. The van der Waals surface area contributed by atoms with Gasteiger partial charge in [0.25, 0.3) is 5.91 Å². The van der Waals surface area contributed by atoms with Crippen molar-refractivity contribution in [3.63, 3.8) is 0 Å². The van der Waals surface area contributed by atoms with Crippen LogP contribution in [0, 0.1) is 6.92 Å². The molecule has 4 rings (SSSR count). The lowest BCUT2D eigenvalue weighted by molar-refractivity contribution is 0.0958. The lowest BCUT2D eigenvalue weighted by atomic mass is 9.97. The van der Waals surface area contributed by atoms with E-state index in [1.165, 1.54) is 11.1 Å². The number of pyridine rings is 1. The first kappa shape index (κ1) is 21.4. The van der Waals surface area contributed by atoms with Crippen LogP contribution >= 0.6 is 0 Å². The molecule has 4 aromatic rings. The molecule has 0 fully saturated rings. The van der Waals surface area contributed by atoms with Crippen LogP contribution in [0.4, 0.5) is 11.6 Å². The van der Waals surface area contributed by atoms with Crippen LogP contribution in [0.2, 0.25) is 0 Å². The Hall–Kier alpha value is -3.87. The van der Waals surface area contributed by atoms with Crippen LogP contribution in [0.5, 0.6) is 11.5 Å². The molecule has 2 aromatic heterocycles. The zero-order chi connectivity index (χ0) is 22.8. The highest BCUT2D eigenvalue weighted by Gasteiger charge is 2.12. The monoisotopic (exact) mass is 429 g/mol. The average Bonchev–Trinajstić information content (AvgIpc) is 3.09. The normalized spacial score (nSPS) is 11.1. The van der Waals surface area contributed by atoms with Gasteiger partial charge in [-0.3, -0.25) is 9.78 Å². The van der Waals surface area contributed by atoms with E-state index < -0.39 is 0 Å². The summed E-state index contributed by atoms with van der Waals surface area (Å²) in [6, 6.07) is 15.5. The van der Waals surface area contributed by atoms with Crippen LogP contribution in [0.3, 0.4) is 0 Å². The number of ether oxygens (including phenoxy) is 1. The molecule has 2 N–H and O–H groups in total. The van der Waals surface area contributed by atoms with Crippen LogP contribution < -0.4 is 15.4 Å². The molecule has 7 heteroatoms.